The van der Waals surface area contributed by atoms with Gasteiger partial charge in [-0.1, -0.05) is 71.4 Å². The first-order valence-electron chi connectivity index (χ1n) is 9.51. The van der Waals surface area contributed by atoms with Gasteiger partial charge in [-0.05, 0) is 35.6 Å². The highest BCUT2D eigenvalue weighted by molar-refractivity contribution is 9.10. The molecule has 0 spiro atoms. The molecule has 0 unspecified atom stereocenters. The molecule has 0 bridgehead atoms. The Hall–Kier alpha value is -2.76. The lowest BCUT2D eigenvalue weighted by molar-refractivity contribution is 1.19. The minimum Gasteiger partial charge on any atom is -0.339 e. The Morgan fingerprint density at radius 1 is 0.931 bits per heavy atom. The lowest BCUT2D eigenvalue weighted by atomic mass is 10.0. The zero-order valence-electron chi connectivity index (χ0n) is 15.8. The molecule has 0 aliphatic heterocycles. The summed E-state index contributed by atoms with van der Waals surface area (Å²) >= 11 is 5.29. The van der Waals surface area contributed by atoms with Crippen LogP contribution in [0.15, 0.2) is 77.5 Å². The number of aromatic nitrogens is 2. The van der Waals surface area contributed by atoms with E-state index in [-0.39, 0.29) is 0 Å². The first-order valence-corrected chi connectivity index (χ1v) is 11.1. The van der Waals surface area contributed by atoms with E-state index in [2.05, 4.69) is 105 Å². The Morgan fingerprint density at radius 2 is 1.72 bits per heavy atom. The number of thiophene rings is 1. The number of anilines is 2. The number of nitrogens with one attached hydrogen (secondary N) is 1. The topological polar surface area (TPSA) is 37.8 Å². The molecule has 0 amide bonds. The van der Waals surface area contributed by atoms with Gasteiger partial charge >= 0.3 is 0 Å². The largest absolute Gasteiger partial charge is 0.339 e. The van der Waals surface area contributed by atoms with Gasteiger partial charge in [-0.2, -0.15) is 0 Å². The van der Waals surface area contributed by atoms with Gasteiger partial charge in [0.25, 0.3) is 0 Å². The lowest BCUT2D eigenvalue weighted by Crippen LogP contribution is -1.96. The first kappa shape index (κ1) is 18.3. The van der Waals surface area contributed by atoms with Crippen molar-refractivity contribution in [3.8, 4) is 11.1 Å². The van der Waals surface area contributed by atoms with Gasteiger partial charge in [0.05, 0.1) is 5.39 Å². The normalized spacial score (nSPS) is 11.2. The average molecular weight is 460 g/mol. The van der Waals surface area contributed by atoms with E-state index in [1.807, 2.05) is 0 Å². The van der Waals surface area contributed by atoms with Crippen molar-refractivity contribution in [3.63, 3.8) is 0 Å². The number of benzene rings is 3. The van der Waals surface area contributed by atoms with E-state index in [0.717, 1.165) is 32.6 Å². The van der Waals surface area contributed by atoms with Crippen LogP contribution in [0.5, 0.6) is 0 Å². The van der Waals surface area contributed by atoms with Crippen molar-refractivity contribution in [3.05, 3.63) is 82.4 Å². The molecule has 0 aliphatic rings. The van der Waals surface area contributed by atoms with E-state index >= 15 is 0 Å². The van der Waals surface area contributed by atoms with Crippen molar-refractivity contribution in [1.82, 2.24) is 9.97 Å². The van der Waals surface area contributed by atoms with Crippen molar-refractivity contribution in [2.75, 3.05) is 5.32 Å². The molecule has 0 radical (unpaired) electrons. The van der Waals surface area contributed by atoms with Gasteiger partial charge < -0.3 is 5.32 Å². The summed E-state index contributed by atoms with van der Waals surface area (Å²) in [7, 11) is 0. The standard InChI is InChI=1S/C24H18BrN3S/c1-2-20-21(16-10-12-17(25)13-11-16)22-23(26-14-27-24(22)29-20)28-19-9-5-7-15-6-3-4-8-18(15)19/h3-14H,2H2,1H3,(H,26,27,28). The molecule has 5 aromatic rings. The lowest BCUT2D eigenvalue weighted by Gasteiger charge is -2.11. The molecule has 0 aliphatic carbocycles. The van der Waals surface area contributed by atoms with Gasteiger partial charge in [-0.25, -0.2) is 9.97 Å². The molecule has 2 aromatic heterocycles. The molecule has 0 saturated carbocycles. The third-order valence-electron chi connectivity index (χ3n) is 5.06. The Bertz CT molecular complexity index is 1320. The van der Waals surface area contributed by atoms with Crippen LogP contribution in [-0.4, -0.2) is 9.97 Å². The van der Waals surface area contributed by atoms with Crippen LogP contribution in [0.1, 0.15) is 11.8 Å². The number of hydrogen-bond donors (Lipinski definition) is 1. The van der Waals surface area contributed by atoms with E-state index in [1.54, 1.807) is 17.7 Å². The molecule has 0 atom stereocenters. The zero-order chi connectivity index (χ0) is 19.8. The summed E-state index contributed by atoms with van der Waals surface area (Å²) in [6.45, 7) is 2.19. The van der Waals surface area contributed by atoms with E-state index in [4.69, 9.17) is 0 Å². The molecule has 142 valence electrons. The predicted octanol–water partition coefficient (Wildman–Crippen LogP) is 7.58. The number of aryl methyl sites for hydroxylation is 1. The molecule has 2 heterocycles. The zero-order valence-corrected chi connectivity index (χ0v) is 18.2. The molecule has 5 rings (SSSR count). The fourth-order valence-corrected chi connectivity index (χ4v) is 5.07. The van der Waals surface area contributed by atoms with Crippen LogP contribution in [0.2, 0.25) is 0 Å². The highest BCUT2D eigenvalue weighted by Gasteiger charge is 2.18. The molecular formula is C24H18BrN3S. The third kappa shape index (κ3) is 3.30. The second-order valence-electron chi connectivity index (χ2n) is 6.81. The number of nitrogens with zero attached hydrogens (tertiary/aromatic N) is 2. The maximum absolute atomic E-state index is 4.64. The minimum atomic E-state index is 0.847. The molecule has 3 nitrogen and oxygen atoms in total. The summed E-state index contributed by atoms with van der Waals surface area (Å²) in [5, 5.41) is 7.07. The quantitative estimate of drug-likeness (QED) is 0.300. The SMILES string of the molecule is CCc1sc2ncnc(Nc3cccc4ccccc34)c2c1-c1ccc(Br)cc1. The molecule has 29 heavy (non-hydrogen) atoms. The summed E-state index contributed by atoms with van der Waals surface area (Å²) in [5.74, 6) is 0.847. The van der Waals surface area contributed by atoms with Crippen molar-refractivity contribution in [2.24, 2.45) is 0 Å². The van der Waals surface area contributed by atoms with Gasteiger partial charge in [0.2, 0.25) is 0 Å². The number of fused-ring (bicyclic) bond motifs is 2. The minimum absolute atomic E-state index is 0.847. The Kier molecular flexibility index (Phi) is 4.78. The van der Waals surface area contributed by atoms with Crippen LogP contribution in [0.3, 0.4) is 0 Å². The summed E-state index contributed by atoms with van der Waals surface area (Å²) < 4.78 is 1.07. The Morgan fingerprint density at radius 3 is 2.55 bits per heavy atom. The second kappa shape index (κ2) is 7.58. The molecule has 0 fully saturated rings. The maximum Gasteiger partial charge on any atom is 0.143 e. The molecule has 3 aromatic carbocycles. The van der Waals surface area contributed by atoms with Crippen LogP contribution in [-0.2, 0) is 6.42 Å². The third-order valence-corrected chi connectivity index (χ3v) is 6.83. The van der Waals surface area contributed by atoms with Crippen molar-refractivity contribution in [2.45, 2.75) is 13.3 Å². The highest BCUT2D eigenvalue weighted by atomic mass is 79.9. The van der Waals surface area contributed by atoms with Gasteiger partial charge in [-0.3, -0.25) is 0 Å². The molecular weight excluding hydrogens is 442 g/mol. The first-order chi connectivity index (χ1) is 14.2. The average Bonchev–Trinajstić information content (AvgIpc) is 3.14. The van der Waals surface area contributed by atoms with E-state index < -0.39 is 0 Å². The van der Waals surface area contributed by atoms with Gasteiger partial charge in [0, 0.05) is 26.0 Å². The van der Waals surface area contributed by atoms with Gasteiger partial charge in [0.15, 0.2) is 0 Å². The van der Waals surface area contributed by atoms with E-state index in [9.17, 15) is 0 Å². The summed E-state index contributed by atoms with van der Waals surface area (Å²) in [4.78, 5) is 11.5. The van der Waals surface area contributed by atoms with Crippen LogP contribution in [0, 0.1) is 0 Å². The van der Waals surface area contributed by atoms with Crippen LogP contribution < -0.4 is 5.32 Å². The molecule has 1 N–H and O–H groups in total. The van der Waals surface area contributed by atoms with Crippen LogP contribution >= 0.6 is 27.3 Å². The molecule has 5 heteroatoms. The van der Waals surface area contributed by atoms with Gasteiger partial charge in [0.1, 0.15) is 17.0 Å². The maximum atomic E-state index is 4.64. The second-order valence-corrected chi connectivity index (χ2v) is 8.81. The monoisotopic (exact) mass is 459 g/mol. The fraction of sp³-hybridized carbons (Fsp3) is 0.0833. The van der Waals surface area contributed by atoms with Gasteiger partial charge in [-0.15, -0.1) is 11.3 Å². The molecule has 0 saturated heterocycles. The van der Waals surface area contributed by atoms with E-state index in [1.165, 1.54) is 26.8 Å². The summed E-state index contributed by atoms with van der Waals surface area (Å²) in [6, 6.07) is 23.2. The van der Waals surface area contributed by atoms with Crippen molar-refractivity contribution >= 4 is 59.8 Å². The smallest absolute Gasteiger partial charge is 0.143 e. The van der Waals surface area contributed by atoms with Crippen molar-refractivity contribution in [1.29, 1.82) is 0 Å². The summed E-state index contributed by atoms with van der Waals surface area (Å²) in [5.41, 5.74) is 3.46. The number of halogens is 1. The van der Waals surface area contributed by atoms with Crippen LogP contribution in [0.25, 0.3) is 32.1 Å². The predicted molar refractivity (Wildman–Crippen MR) is 127 cm³/mol. The summed E-state index contributed by atoms with van der Waals surface area (Å²) in [6.07, 6.45) is 2.61. The number of hydrogen-bond acceptors (Lipinski definition) is 4. The van der Waals surface area contributed by atoms with Crippen molar-refractivity contribution < 1.29 is 0 Å². The fourth-order valence-electron chi connectivity index (χ4n) is 3.71. The Balaban J connectivity index is 1.72. The Labute approximate surface area is 181 Å². The highest BCUT2D eigenvalue weighted by Crippen LogP contribution is 2.42. The van der Waals surface area contributed by atoms with E-state index in [0.29, 0.717) is 0 Å². The van der Waals surface area contributed by atoms with Crippen LogP contribution in [0.4, 0.5) is 11.5 Å². The number of rotatable bonds is 4.